The first-order valence-electron chi connectivity index (χ1n) is 9.77. The minimum Gasteiger partial charge on any atom is -0.488 e. The van der Waals surface area contributed by atoms with Crippen LogP contribution < -0.4 is 10.1 Å². The van der Waals surface area contributed by atoms with Crippen LogP contribution in [0.4, 0.5) is 10.1 Å². The van der Waals surface area contributed by atoms with Gasteiger partial charge in [0.15, 0.2) is 0 Å². The Morgan fingerprint density at radius 2 is 1.75 bits per heavy atom. The predicted octanol–water partition coefficient (Wildman–Crippen LogP) is 7.18. The molecule has 0 heterocycles. The molecule has 0 aliphatic heterocycles. The van der Waals surface area contributed by atoms with Gasteiger partial charge >= 0.3 is 5.97 Å². The number of carbonyl (C=O) groups is 1. The zero-order valence-electron chi connectivity index (χ0n) is 16.7. The number of carboxylic acids is 1. The van der Waals surface area contributed by atoms with E-state index in [1.54, 1.807) is 24.3 Å². The number of benzene rings is 4. The third kappa shape index (κ3) is 4.64. The van der Waals surface area contributed by atoms with Crippen molar-refractivity contribution in [3.05, 3.63) is 105 Å². The summed E-state index contributed by atoms with van der Waals surface area (Å²) in [6.07, 6.45) is 0. The van der Waals surface area contributed by atoms with Gasteiger partial charge in [-0.15, -0.1) is 0 Å². The molecule has 0 aromatic heterocycles. The van der Waals surface area contributed by atoms with Crippen molar-refractivity contribution >= 4 is 45.6 Å². The van der Waals surface area contributed by atoms with Crippen molar-refractivity contribution in [2.24, 2.45) is 0 Å². The first-order valence-corrected chi connectivity index (χ1v) is 10.5. The topological polar surface area (TPSA) is 58.6 Å². The van der Waals surface area contributed by atoms with Gasteiger partial charge in [-0.05, 0) is 47.2 Å². The van der Waals surface area contributed by atoms with E-state index in [1.165, 1.54) is 12.1 Å². The van der Waals surface area contributed by atoms with Crippen molar-refractivity contribution in [3.8, 4) is 5.75 Å². The number of anilines is 1. The van der Waals surface area contributed by atoms with Gasteiger partial charge in [-0.3, -0.25) is 0 Å². The molecule has 0 aliphatic carbocycles. The monoisotopic (exact) mass is 469 g/mol. The molecule has 0 radical (unpaired) electrons. The number of nitrogens with one attached hydrogen (secondary N) is 1. The van der Waals surface area contributed by atoms with Crippen molar-refractivity contribution in [2.75, 3.05) is 5.32 Å². The Labute approximate surface area is 194 Å². The number of rotatable bonds is 7. The molecular formula is C25H18Cl2FNO3. The molecule has 4 aromatic carbocycles. The predicted molar refractivity (Wildman–Crippen MR) is 125 cm³/mol. The maximum absolute atomic E-state index is 14.2. The molecule has 4 rings (SSSR count). The van der Waals surface area contributed by atoms with E-state index in [9.17, 15) is 9.18 Å². The lowest BCUT2D eigenvalue weighted by Gasteiger charge is -2.16. The summed E-state index contributed by atoms with van der Waals surface area (Å²) in [5.41, 5.74) is 1.86. The molecule has 0 saturated carbocycles. The van der Waals surface area contributed by atoms with E-state index < -0.39 is 11.8 Å². The average Bonchev–Trinajstić information content (AvgIpc) is 2.77. The molecule has 0 unspecified atom stereocenters. The van der Waals surface area contributed by atoms with E-state index >= 15 is 0 Å². The SMILES string of the molecule is O=C(O)c1ccc(NCc2c(OCc3c(F)cccc3Cl)ccc3ccccc23)cc1Cl. The van der Waals surface area contributed by atoms with Gasteiger partial charge < -0.3 is 15.2 Å². The Balaban J connectivity index is 1.63. The standard InChI is InChI=1S/C25H18Cl2FNO3/c26-21-6-3-7-23(28)20(21)14-32-24-11-8-15-4-1-2-5-17(15)19(24)13-29-16-9-10-18(25(30)31)22(27)12-16/h1-12,29H,13-14H2,(H,30,31). The average molecular weight is 470 g/mol. The van der Waals surface area contributed by atoms with Crippen molar-refractivity contribution < 1.29 is 19.0 Å². The molecule has 0 spiro atoms. The molecule has 4 nitrogen and oxygen atoms in total. The number of aromatic carboxylic acids is 1. The van der Waals surface area contributed by atoms with Crippen LogP contribution in [0.15, 0.2) is 72.8 Å². The van der Waals surface area contributed by atoms with Crippen molar-refractivity contribution in [3.63, 3.8) is 0 Å². The molecule has 0 fully saturated rings. The van der Waals surface area contributed by atoms with E-state index in [0.29, 0.717) is 23.0 Å². The second-order valence-electron chi connectivity index (χ2n) is 7.11. The Hall–Kier alpha value is -3.28. The Morgan fingerprint density at radius 3 is 2.50 bits per heavy atom. The number of fused-ring (bicyclic) bond motifs is 1. The molecule has 32 heavy (non-hydrogen) atoms. The van der Waals surface area contributed by atoms with Crippen LogP contribution >= 0.6 is 23.2 Å². The Bertz CT molecular complexity index is 1290. The van der Waals surface area contributed by atoms with Gasteiger partial charge in [0, 0.05) is 23.4 Å². The summed E-state index contributed by atoms with van der Waals surface area (Å²) in [6, 6.07) is 20.8. The summed E-state index contributed by atoms with van der Waals surface area (Å²) >= 11 is 12.2. The molecule has 0 atom stereocenters. The highest BCUT2D eigenvalue weighted by molar-refractivity contribution is 6.33. The lowest BCUT2D eigenvalue weighted by atomic mass is 10.0. The van der Waals surface area contributed by atoms with Gasteiger partial charge in [0.25, 0.3) is 0 Å². The third-order valence-electron chi connectivity index (χ3n) is 5.10. The fourth-order valence-corrected chi connectivity index (χ4v) is 3.92. The van der Waals surface area contributed by atoms with Crippen LogP contribution in [0.2, 0.25) is 10.0 Å². The quantitative estimate of drug-likeness (QED) is 0.301. The van der Waals surface area contributed by atoms with Gasteiger partial charge in [0.05, 0.1) is 15.6 Å². The Kier molecular flexibility index (Phi) is 6.49. The summed E-state index contributed by atoms with van der Waals surface area (Å²) in [4.78, 5) is 11.2. The molecule has 162 valence electrons. The molecule has 7 heteroatoms. The summed E-state index contributed by atoms with van der Waals surface area (Å²) in [5, 5.41) is 14.9. The highest BCUT2D eigenvalue weighted by atomic mass is 35.5. The smallest absolute Gasteiger partial charge is 0.337 e. The minimum atomic E-state index is -1.09. The first kappa shape index (κ1) is 21.9. The highest BCUT2D eigenvalue weighted by Crippen LogP contribution is 2.31. The van der Waals surface area contributed by atoms with Gasteiger partial charge in [-0.1, -0.05) is 59.6 Å². The van der Waals surface area contributed by atoms with Gasteiger partial charge in [0.1, 0.15) is 18.2 Å². The van der Waals surface area contributed by atoms with Crippen molar-refractivity contribution in [1.29, 1.82) is 0 Å². The fourth-order valence-electron chi connectivity index (χ4n) is 3.44. The van der Waals surface area contributed by atoms with Crippen LogP contribution in [0.3, 0.4) is 0 Å². The van der Waals surface area contributed by atoms with Crippen LogP contribution in [0.25, 0.3) is 10.8 Å². The number of hydrogen-bond acceptors (Lipinski definition) is 3. The molecule has 0 bridgehead atoms. The number of carboxylic acid groups (broad SMARTS) is 1. The first-order chi connectivity index (χ1) is 15.4. The Morgan fingerprint density at radius 1 is 0.938 bits per heavy atom. The molecule has 2 N–H and O–H groups in total. The van der Waals surface area contributed by atoms with Crippen LogP contribution in [-0.4, -0.2) is 11.1 Å². The van der Waals surface area contributed by atoms with Crippen LogP contribution in [-0.2, 0) is 13.2 Å². The van der Waals surface area contributed by atoms with E-state index in [2.05, 4.69) is 5.32 Å². The van der Waals surface area contributed by atoms with Crippen LogP contribution in [0.1, 0.15) is 21.5 Å². The molecule has 0 amide bonds. The third-order valence-corrected chi connectivity index (χ3v) is 5.77. The van der Waals surface area contributed by atoms with Crippen LogP contribution in [0, 0.1) is 5.82 Å². The van der Waals surface area contributed by atoms with Crippen molar-refractivity contribution in [1.82, 2.24) is 0 Å². The van der Waals surface area contributed by atoms with E-state index in [0.717, 1.165) is 16.3 Å². The minimum absolute atomic E-state index is 0.0179. The second-order valence-corrected chi connectivity index (χ2v) is 7.92. The van der Waals surface area contributed by atoms with Crippen molar-refractivity contribution in [2.45, 2.75) is 13.2 Å². The zero-order valence-corrected chi connectivity index (χ0v) is 18.3. The molecular weight excluding hydrogens is 452 g/mol. The normalized spacial score (nSPS) is 10.8. The molecule has 0 saturated heterocycles. The summed E-state index contributed by atoms with van der Waals surface area (Å²) < 4.78 is 20.2. The summed E-state index contributed by atoms with van der Waals surface area (Å²) in [5.74, 6) is -0.923. The van der Waals surface area contributed by atoms with Gasteiger partial charge in [0.2, 0.25) is 0 Å². The van der Waals surface area contributed by atoms with Crippen LogP contribution in [0.5, 0.6) is 5.75 Å². The second kappa shape index (κ2) is 9.47. The summed E-state index contributed by atoms with van der Waals surface area (Å²) in [7, 11) is 0. The zero-order chi connectivity index (χ0) is 22.7. The van der Waals surface area contributed by atoms with Gasteiger partial charge in [-0.2, -0.15) is 0 Å². The summed E-state index contributed by atoms with van der Waals surface area (Å²) in [6.45, 7) is 0.362. The molecule has 4 aromatic rings. The van der Waals surface area contributed by atoms with E-state index in [1.807, 2.05) is 36.4 Å². The largest absolute Gasteiger partial charge is 0.488 e. The van der Waals surface area contributed by atoms with E-state index in [4.69, 9.17) is 33.0 Å². The number of ether oxygens (including phenoxy) is 1. The van der Waals surface area contributed by atoms with Gasteiger partial charge in [-0.25, -0.2) is 9.18 Å². The number of halogens is 3. The maximum atomic E-state index is 14.2. The highest BCUT2D eigenvalue weighted by Gasteiger charge is 2.13. The van der Waals surface area contributed by atoms with E-state index in [-0.39, 0.29) is 22.8 Å². The lowest BCUT2D eigenvalue weighted by molar-refractivity contribution is 0.0697. The number of hydrogen-bond donors (Lipinski definition) is 2. The maximum Gasteiger partial charge on any atom is 0.337 e. The lowest BCUT2D eigenvalue weighted by Crippen LogP contribution is -2.06. The fraction of sp³-hybridized carbons (Fsp3) is 0.0800. The molecule has 0 aliphatic rings.